The molecule has 0 spiro atoms. The molecule has 9 nitrogen and oxygen atoms in total. The van der Waals surface area contributed by atoms with E-state index in [9.17, 15) is 18.0 Å². The molecular weight excluding hydrogens is 494 g/mol. The number of hydrogen-bond acceptors (Lipinski definition) is 6. The summed E-state index contributed by atoms with van der Waals surface area (Å²) in [5.41, 5.74) is 1.34. The van der Waals surface area contributed by atoms with Gasteiger partial charge in [-0.15, -0.1) is 0 Å². The number of hydrogen-bond donors (Lipinski definition) is 1. The summed E-state index contributed by atoms with van der Waals surface area (Å²) in [5, 5.41) is 2.84. The number of ether oxygens (including phenoxy) is 2. The number of benzene rings is 2. The van der Waals surface area contributed by atoms with Crippen molar-refractivity contribution >= 4 is 27.5 Å². The number of nitrogens with one attached hydrogen (secondary N) is 1. The van der Waals surface area contributed by atoms with Crippen molar-refractivity contribution in [2.75, 3.05) is 44.3 Å². The fourth-order valence-corrected chi connectivity index (χ4v) is 6.63. The van der Waals surface area contributed by atoms with Crippen LogP contribution in [-0.4, -0.2) is 63.9 Å². The smallest absolute Gasteiger partial charge is 0.265 e. The summed E-state index contributed by atoms with van der Waals surface area (Å²) < 4.78 is 39.3. The van der Waals surface area contributed by atoms with Crippen LogP contribution in [0.5, 0.6) is 11.5 Å². The van der Waals surface area contributed by atoms with Crippen LogP contribution in [0.1, 0.15) is 32.8 Å². The molecule has 1 fully saturated rings. The minimum atomic E-state index is -3.75. The fraction of sp³-hybridized carbons (Fsp3) is 0.481. The number of nitrogens with zero attached hydrogens (tertiary/aromatic N) is 2. The van der Waals surface area contributed by atoms with Crippen LogP contribution < -0.4 is 19.7 Å². The normalized spacial score (nSPS) is 20.2. The van der Waals surface area contributed by atoms with Crippen molar-refractivity contribution in [1.29, 1.82) is 0 Å². The maximum Gasteiger partial charge on any atom is 0.265 e. The lowest BCUT2D eigenvalue weighted by Crippen LogP contribution is -2.45. The fourth-order valence-electron chi connectivity index (χ4n) is 4.93. The van der Waals surface area contributed by atoms with Gasteiger partial charge in [-0.1, -0.05) is 26.0 Å². The van der Waals surface area contributed by atoms with E-state index in [1.807, 2.05) is 45.0 Å². The van der Waals surface area contributed by atoms with E-state index in [1.165, 1.54) is 21.3 Å². The van der Waals surface area contributed by atoms with Crippen LogP contribution in [0.3, 0.4) is 0 Å². The molecule has 2 heterocycles. The summed E-state index contributed by atoms with van der Waals surface area (Å²) >= 11 is 0. The average Bonchev–Trinajstić information content (AvgIpc) is 2.86. The zero-order valence-corrected chi connectivity index (χ0v) is 22.4. The molecule has 2 unspecified atom stereocenters. The zero-order valence-electron chi connectivity index (χ0n) is 21.6. The topological polar surface area (TPSA) is 105 Å². The van der Waals surface area contributed by atoms with Gasteiger partial charge in [0.15, 0.2) is 6.61 Å². The van der Waals surface area contributed by atoms with Gasteiger partial charge in [0.1, 0.15) is 18.0 Å². The number of piperidine rings is 1. The number of fused-ring (bicyclic) bond motifs is 1. The Labute approximate surface area is 218 Å². The van der Waals surface area contributed by atoms with E-state index >= 15 is 0 Å². The van der Waals surface area contributed by atoms with E-state index < -0.39 is 15.9 Å². The highest BCUT2D eigenvalue weighted by molar-refractivity contribution is 7.89. The Bertz CT molecular complexity index is 1220. The van der Waals surface area contributed by atoms with E-state index in [1.54, 1.807) is 6.07 Å². The summed E-state index contributed by atoms with van der Waals surface area (Å²) in [6, 6.07) is 12.2. The number of anilines is 1. The monoisotopic (exact) mass is 529 g/mol. The molecule has 0 saturated carbocycles. The Hall–Kier alpha value is -3.11. The third kappa shape index (κ3) is 6.42. The molecule has 2 atom stereocenters. The van der Waals surface area contributed by atoms with Crippen LogP contribution in [-0.2, 0) is 26.0 Å². The van der Waals surface area contributed by atoms with Crippen LogP contribution >= 0.6 is 0 Å². The van der Waals surface area contributed by atoms with Crippen molar-refractivity contribution in [3.63, 3.8) is 0 Å². The molecule has 10 heteroatoms. The summed E-state index contributed by atoms with van der Waals surface area (Å²) in [4.78, 5) is 26.8. The molecule has 0 aliphatic carbocycles. The lowest BCUT2D eigenvalue weighted by Gasteiger charge is -2.34. The Morgan fingerprint density at radius 2 is 1.81 bits per heavy atom. The van der Waals surface area contributed by atoms with Gasteiger partial charge >= 0.3 is 0 Å². The van der Waals surface area contributed by atoms with Crippen molar-refractivity contribution in [3.8, 4) is 11.5 Å². The quantitative estimate of drug-likeness (QED) is 0.536. The minimum Gasteiger partial charge on any atom is -0.494 e. The van der Waals surface area contributed by atoms with E-state index in [0.717, 1.165) is 17.7 Å². The van der Waals surface area contributed by atoms with Crippen LogP contribution in [0.2, 0.25) is 0 Å². The van der Waals surface area contributed by atoms with Gasteiger partial charge in [-0.05, 0) is 67.5 Å². The highest BCUT2D eigenvalue weighted by Crippen LogP contribution is 2.36. The molecule has 37 heavy (non-hydrogen) atoms. The minimum absolute atomic E-state index is 0.0896. The number of carbonyl (C=O) groups excluding carboxylic acids is 2. The van der Waals surface area contributed by atoms with Crippen molar-refractivity contribution < 1.29 is 27.5 Å². The molecular formula is C27H35N3O6S. The second-order valence-corrected chi connectivity index (χ2v) is 11.8. The predicted molar refractivity (Wildman–Crippen MR) is 140 cm³/mol. The maximum atomic E-state index is 13.4. The van der Waals surface area contributed by atoms with E-state index in [2.05, 4.69) is 5.32 Å². The van der Waals surface area contributed by atoms with E-state index in [0.29, 0.717) is 38.4 Å². The van der Waals surface area contributed by atoms with Gasteiger partial charge in [-0.3, -0.25) is 14.5 Å². The first-order chi connectivity index (χ1) is 17.7. The molecule has 2 aliphatic rings. The molecule has 0 radical (unpaired) electrons. The molecule has 2 aliphatic heterocycles. The summed E-state index contributed by atoms with van der Waals surface area (Å²) in [6.07, 6.45) is 1.61. The molecule has 2 aromatic carbocycles. The van der Waals surface area contributed by atoms with Gasteiger partial charge in [0.2, 0.25) is 15.9 Å². The van der Waals surface area contributed by atoms with Crippen molar-refractivity contribution in [1.82, 2.24) is 9.62 Å². The first-order valence-corrected chi connectivity index (χ1v) is 14.2. The second-order valence-electron chi connectivity index (χ2n) is 9.84. The molecule has 200 valence electrons. The van der Waals surface area contributed by atoms with Crippen molar-refractivity contribution in [2.45, 2.75) is 38.5 Å². The highest BCUT2D eigenvalue weighted by atomic mass is 32.2. The second kappa shape index (κ2) is 11.5. The van der Waals surface area contributed by atoms with Crippen LogP contribution in [0.25, 0.3) is 0 Å². The van der Waals surface area contributed by atoms with Crippen molar-refractivity contribution in [2.24, 2.45) is 11.8 Å². The van der Waals surface area contributed by atoms with Gasteiger partial charge in [-0.2, -0.15) is 4.31 Å². The van der Waals surface area contributed by atoms with Crippen LogP contribution in [0, 0.1) is 11.8 Å². The lowest BCUT2D eigenvalue weighted by atomic mass is 9.94. The van der Waals surface area contributed by atoms with Gasteiger partial charge < -0.3 is 14.8 Å². The summed E-state index contributed by atoms with van der Waals surface area (Å²) in [7, 11) is -3.75. The molecule has 4 rings (SSSR count). The first-order valence-electron chi connectivity index (χ1n) is 12.7. The van der Waals surface area contributed by atoms with Crippen LogP contribution in [0.4, 0.5) is 5.69 Å². The molecule has 2 aromatic rings. The predicted octanol–water partition coefficient (Wildman–Crippen LogP) is 2.84. The first kappa shape index (κ1) is 26.9. The third-order valence-electron chi connectivity index (χ3n) is 6.62. The van der Waals surface area contributed by atoms with Gasteiger partial charge in [0, 0.05) is 19.6 Å². The largest absolute Gasteiger partial charge is 0.494 e. The number of carbonyl (C=O) groups is 2. The van der Waals surface area contributed by atoms with E-state index in [-0.39, 0.29) is 41.5 Å². The zero-order chi connectivity index (χ0) is 26.6. The standard InChI is InChI=1S/C27H35N3O6S/c1-4-35-22-7-5-21(6-8-22)11-12-28-26(31)17-30-24-14-23(9-10-25(24)36-18-27(30)32)37(33,34)29-15-19(2)13-20(3)16-29/h5-10,14,19-20H,4,11-13,15-18H2,1-3H3,(H,28,31). The Morgan fingerprint density at radius 3 is 2.49 bits per heavy atom. The van der Waals surface area contributed by atoms with Gasteiger partial charge in [0.05, 0.1) is 17.2 Å². The molecule has 1 N–H and O–H groups in total. The molecule has 0 aromatic heterocycles. The van der Waals surface area contributed by atoms with E-state index in [4.69, 9.17) is 9.47 Å². The molecule has 0 bridgehead atoms. The molecule has 1 saturated heterocycles. The Kier molecular flexibility index (Phi) is 8.39. The average molecular weight is 530 g/mol. The highest BCUT2D eigenvalue weighted by Gasteiger charge is 2.34. The number of rotatable bonds is 9. The number of amides is 2. The number of sulfonamides is 1. The third-order valence-corrected chi connectivity index (χ3v) is 8.45. The Balaban J connectivity index is 1.43. The van der Waals surface area contributed by atoms with Crippen molar-refractivity contribution in [3.05, 3.63) is 48.0 Å². The van der Waals surface area contributed by atoms with Gasteiger partial charge in [-0.25, -0.2) is 8.42 Å². The maximum absolute atomic E-state index is 13.4. The summed E-state index contributed by atoms with van der Waals surface area (Å²) in [6.45, 7) is 7.51. The van der Waals surface area contributed by atoms with Gasteiger partial charge in [0.25, 0.3) is 5.91 Å². The Morgan fingerprint density at radius 1 is 1.11 bits per heavy atom. The molecule has 2 amide bonds. The summed E-state index contributed by atoms with van der Waals surface area (Å²) in [5.74, 6) is 0.974. The van der Waals surface area contributed by atoms with Crippen LogP contribution in [0.15, 0.2) is 47.4 Å². The lowest BCUT2D eigenvalue weighted by molar-refractivity contribution is -0.125. The SMILES string of the molecule is CCOc1ccc(CCNC(=O)CN2C(=O)COc3ccc(S(=O)(=O)N4CC(C)CC(C)C4)cc32)cc1.